The molecule has 20 heavy (non-hydrogen) atoms. The molecule has 4 nitrogen and oxygen atoms in total. The molecule has 0 aliphatic heterocycles. The van der Waals surface area contributed by atoms with Crippen molar-refractivity contribution in [1.29, 1.82) is 0 Å². The zero-order valence-electron chi connectivity index (χ0n) is 11.4. The lowest BCUT2D eigenvalue weighted by Crippen LogP contribution is -2.08. The van der Waals surface area contributed by atoms with E-state index in [-0.39, 0.29) is 0 Å². The third-order valence-corrected chi connectivity index (χ3v) is 4.41. The van der Waals surface area contributed by atoms with Gasteiger partial charge in [-0.2, -0.15) is 9.97 Å². The van der Waals surface area contributed by atoms with Gasteiger partial charge in [0.15, 0.2) is 5.82 Å². The molecule has 1 aromatic heterocycles. The monoisotopic (exact) mass is 332 g/mol. The highest BCUT2D eigenvalue weighted by molar-refractivity contribution is 9.10. The molecule has 2 N–H and O–H groups in total. The van der Waals surface area contributed by atoms with E-state index in [2.05, 4.69) is 49.9 Å². The summed E-state index contributed by atoms with van der Waals surface area (Å²) in [5.41, 5.74) is 8.02. The molecule has 2 aromatic rings. The van der Waals surface area contributed by atoms with Crippen molar-refractivity contribution >= 4 is 21.9 Å². The van der Waals surface area contributed by atoms with E-state index in [9.17, 15) is 0 Å². The van der Waals surface area contributed by atoms with Crippen molar-refractivity contribution in [3.8, 4) is 11.4 Å². The number of nitrogens with zero attached hydrogens (tertiary/aromatic N) is 3. The van der Waals surface area contributed by atoms with E-state index in [1.807, 2.05) is 6.07 Å². The fourth-order valence-corrected chi connectivity index (χ4v) is 3.37. The van der Waals surface area contributed by atoms with Crippen LogP contribution in [0.4, 0.5) is 5.95 Å². The molecule has 0 unspecified atom stereocenters. The Kier molecular flexibility index (Phi) is 3.70. The van der Waals surface area contributed by atoms with Crippen molar-refractivity contribution < 1.29 is 0 Å². The van der Waals surface area contributed by atoms with Gasteiger partial charge in [0.1, 0.15) is 5.82 Å². The number of nitrogens with two attached hydrogens (primary N) is 1. The first kappa shape index (κ1) is 13.5. The molecule has 1 aromatic carbocycles. The van der Waals surface area contributed by atoms with Crippen LogP contribution >= 0.6 is 15.9 Å². The molecule has 0 bridgehead atoms. The predicted molar refractivity (Wildman–Crippen MR) is 83.3 cm³/mol. The number of rotatable bonds is 2. The first-order chi connectivity index (χ1) is 9.63. The standard InChI is InChI=1S/C15H17BrN4/c1-9-6-7-11(12(16)8-9)14-18-13(19-15(17)20-14)10-4-2-3-5-10/h6-8,10H,2-5H2,1H3,(H2,17,18,19,20). The van der Waals surface area contributed by atoms with Crippen LogP contribution in [0.5, 0.6) is 0 Å². The highest BCUT2D eigenvalue weighted by Crippen LogP contribution is 2.34. The molecule has 1 heterocycles. The van der Waals surface area contributed by atoms with Crippen LogP contribution in [0.3, 0.4) is 0 Å². The highest BCUT2D eigenvalue weighted by atomic mass is 79.9. The number of aromatic nitrogens is 3. The molecule has 5 heteroatoms. The van der Waals surface area contributed by atoms with Gasteiger partial charge >= 0.3 is 0 Å². The smallest absolute Gasteiger partial charge is 0.223 e. The minimum Gasteiger partial charge on any atom is -0.368 e. The minimum absolute atomic E-state index is 0.310. The summed E-state index contributed by atoms with van der Waals surface area (Å²) in [6, 6.07) is 6.13. The van der Waals surface area contributed by atoms with Crippen molar-refractivity contribution in [2.24, 2.45) is 0 Å². The number of nitrogen functional groups attached to an aromatic ring is 1. The maximum Gasteiger partial charge on any atom is 0.223 e. The third-order valence-electron chi connectivity index (χ3n) is 3.76. The summed E-state index contributed by atoms with van der Waals surface area (Å²) in [6.45, 7) is 2.06. The van der Waals surface area contributed by atoms with Gasteiger partial charge in [0.2, 0.25) is 5.95 Å². The first-order valence-electron chi connectivity index (χ1n) is 6.91. The quantitative estimate of drug-likeness (QED) is 0.907. The Morgan fingerprint density at radius 2 is 1.90 bits per heavy atom. The summed E-state index contributed by atoms with van der Waals surface area (Å²) in [7, 11) is 0. The summed E-state index contributed by atoms with van der Waals surface area (Å²) in [4.78, 5) is 13.3. The van der Waals surface area contributed by atoms with Gasteiger partial charge in [-0.15, -0.1) is 0 Å². The van der Waals surface area contributed by atoms with Crippen LogP contribution in [0.2, 0.25) is 0 Å². The summed E-state index contributed by atoms with van der Waals surface area (Å²) in [5, 5.41) is 0. The molecule has 1 aliphatic carbocycles. The molecule has 104 valence electrons. The zero-order chi connectivity index (χ0) is 14.1. The molecule has 3 rings (SSSR count). The maximum absolute atomic E-state index is 5.87. The Hall–Kier alpha value is -1.49. The second kappa shape index (κ2) is 5.48. The van der Waals surface area contributed by atoms with Crippen LogP contribution in [0.15, 0.2) is 22.7 Å². The van der Waals surface area contributed by atoms with Crippen LogP contribution in [0.25, 0.3) is 11.4 Å². The summed E-state index contributed by atoms with van der Waals surface area (Å²) < 4.78 is 0.987. The minimum atomic E-state index is 0.310. The molecule has 0 amide bonds. The normalized spacial score (nSPS) is 15.7. The van der Waals surface area contributed by atoms with E-state index in [0.717, 1.165) is 28.7 Å². The average molecular weight is 333 g/mol. The van der Waals surface area contributed by atoms with Gasteiger partial charge in [0.25, 0.3) is 0 Å². The number of anilines is 1. The van der Waals surface area contributed by atoms with Crippen LogP contribution in [0, 0.1) is 6.92 Å². The summed E-state index contributed by atoms with van der Waals surface area (Å²) in [6.07, 6.45) is 4.80. The van der Waals surface area contributed by atoms with Crippen molar-refractivity contribution in [1.82, 2.24) is 15.0 Å². The molecule has 1 aliphatic rings. The number of aryl methyl sites for hydroxylation is 1. The molecule has 0 saturated heterocycles. The molecular weight excluding hydrogens is 316 g/mol. The lowest BCUT2D eigenvalue weighted by molar-refractivity contribution is 0.665. The second-order valence-corrected chi connectivity index (χ2v) is 6.19. The Balaban J connectivity index is 2.04. The SMILES string of the molecule is Cc1ccc(-c2nc(N)nc(C3CCCC3)n2)c(Br)c1. The van der Waals surface area contributed by atoms with Crippen molar-refractivity contribution in [2.45, 2.75) is 38.5 Å². The van der Waals surface area contributed by atoms with E-state index in [0.29, 0.717) is 17.7 Å². The topological polar surface area (TPSA) is 64.7 Å². The Bertz CT molecular complexity index is 636. The van der Waals surface area contributed by atoms with E-state index in [4.69, 9.17) is 5.73 Å². The van der Waals surface area contributed by atoms with Gasteiger partial charge in [0, 0.05) is 16.0 Å². The largest absolute Gasteiger partial charge is 0.368 e. The second-order valence-electron chi connectivity index (χ2n) is 5.34. The maximum atomic E-state index is 5.87. The molecule has 0 spiro atoms. The van der Waals surface area contributed by atoms with Crippen LogP contribution in [0.1, 0.15) is 43.0 Å². The molecule has 1 saturated carbocycles. The molecule has 0 radical (unpaired) electrons. The van der Waals surface area contributed by atoms with Gasteiger partial charge in [-0.3, -0.25) is 0 Å². The van der Waals surface area contributed by atoms with E-state index >= 15 is 0 Å². The van der Waals surface area contributed by atoms with E-state index < -0.39 is 0 Å². The molecule has 0 atom stereocenters. The number of hydrogen-bond donors (Lipinski definition) is 1. The average Bonchev–Trinajstić information content (AvgIpc) is 2.91. The Labute approximate surface area is 127 Å². The number of hydrogen-bond acceptors (Lipinski definition) is 4. The van der Waals surface area contributed by atoms with Gasteiger partial charge in [-0.05, 0) is 37.5 Å². The van der Waals surface area contributed by atoms with E-state index in [1.54, 1.807) is 0 Å². The first-order valence-corrected chi connectivity index (χ1v) is 7.71. The third kappa shape index (κ3) is 2.68. The predicted octanol–water partition coefficient (Wildman–Crippen LogP) is 3.85. The van der Waals surface area contributed by atoms with Gasteiger partial charge in [-0.1, -0.05) is 34.8 Å². The Morgan fingerprint density at radius 1 is 1.15 bits per heavy atom. The van der Waals surface area contributed by atoms with Crippen LogP contribution < -0.4 is 5.73 Å². The van der Waals surface area contributed by atoms with Gasteiger partial charge in [0.05, 0.1) is 0 Å². The lowest BCUT2D eigenvalue weighted by Gasteiger charge is -2.11. The Morgan fingerprint density at radius 3 is 2.60 bits per heavy atom. The van der Waals surface area contributed by atoms with E-state index in [1.165, 1.54) is 18.4 Å². The number of halogens is 1. The van der Waals surface area contributed by atoms with Crippen molar-refractivity contribution in [2.75, 3.05) is 5.73 Å². The van der Waals surface area contributed by atoms with Crippen molar-refractivity contribution in [3.05, 3.63) is 34.1 Å². The fraction of sp³-hybridized carbons (Fsp3) is 0.400. The zero-order valence-corrected chi connectivity index (χ0v) is 13.0. The van der Waals surface area contributed by atoms with Crippen LogP contribution in [-0.4, -0.2) is 15.0 Å². The molecule has 1 fully saturated rings. The number of benzene rings is 1. The molecular formula is C15H17BrN4. The summed E-state index contributed by atoms with van der Waals surface area (Å²) in [5.74, 6) is 2.25. The van der Waals surface area contributed by atoms with Crippen molar-refractivity contribution in [3.63, 3.8) is 0 Å². The highest BCUT2D eigenvalue weighted by Gasteiger charge is 2.21. The fourth-order valence-electron chi connectivity index (χ4n) is 2.70. The lowest BCUT2D eigenvalue weighted by atomic mass is 10.1. The van der Waals surface area contributed by atoms with Crippen LogP contribution in [-0.2, 0) is 0 Å². The summed E-state index contributed by atoms with van der Waals surface area (Å²) >= 11 is 3.58. The van der Waals surface area contributed by atoms with Gasteiger partial charge in [-0.25, -0.2) is 4.98 Å². The van der Waals surface area contributed by atoms with Gasteiger partial charge < -0.3 is 5.73 Å².